The normalized spacial score (nSPS) is 14.8. The summed E-state index contributed by atoms with van der Waals surface area (Å²) in [5, 5.41) is 26.2. The van der Waals surface area contributed by atoms with Crippen molar-refractivity contribution in [3.63, 3.8) is 0 Å². The lowest BCUT2D eigenvalue weighted by Gasteiger charge is -2.07. The van der Waals surface area contributed by atoms with Gasteiger partial charge in [0.1, 0.15) is 5.54 Å². The van der Waals surface area contributed by atoms with Gasteiger partial charge in [0.05, 0.1) is 18.2 Å². The van der Waals surface area contributed by atoms with Crippen molar-refractivity contribution in [2.24, 2.45) is 0 Å². The lowest BCUT2D eigenvalue weighted by Crippen LogP contribution is -2.35. The second kappa shape index (κ2) is 6.16. The minimum atomic E-state index is -0.836. The van der Waals surface area contributed by atoms with E-state index in [9.17, 15) is 14.9 Å². The molecule has 24 heavy (non-hydrogen) atoms. The molecule has 0 radical (unpaired) electrons. The number of carbonyl (C=O) groups is 1. The van der Waals surface area contributed by atoms with Crippen molar-refractivity contribution in [3.05, 3.63) is 40.1 Å². The van der Waals surface area contributed by atoms with E-state index in [0.29, 0.717) is 31.2 Å². The number of nitrogens with one attached hydrogen (secondary N) is 1. The first-order valence-corrected chi connectivity index (χ1v) is 7.51. The van der Waals surface area contributed by atoms with Crippen LogP contribution in [-0.2, 0) is 11.4 Å². The van der Waals surface area contributed by atoms with E-state index in [1.54, 1.807) is 16.8 Å². The van der Waals surface area contributed by atoms with Gasteiger partial charge in [-0.2, -0.15) is 10.4 Å². The summed E-state index contributed by atoms with van der Waals surface area (Å²) in [5.74, 6) is -0.384. The smallest absolute Gasteiger partial charge is 0.294 e. The van der Waals surface area contributed by atoms with Crippen LogP contribution < -0.4 is 5.32 Å². The van der Waals surface area contributed by atoms with Crippen molar-refractivity contribution in [2.75, 3.05) is 6.61 Å². The molecule has 3 rings (SSSR count). The number of nitriles is 1. The van der Waals surface area contributed by atoms with Gasteiger partial charge in [0.15, 0.2) is 5.69 Å². The van der Waals surface area contributed by atoms with Crippen LogP contribution in [0.15, 0.2) is 24.3 Å². The fourth-order valence-corrected chi connectivity index (χ4v) is 2.49. The number of aromatic nitrogens is 2. The Morgan fingerprint density at radius 3 is 2.92 bits per heavy atom. The Morgan fingerprint density at radius 1 is 1.50 bits per heavy atom. The molecular formula is C15H15N5O4. The van der Waals surface area contributed by atoms with Crippen LogP contribution in [0.4, 0.5) is 0 Å². The molecule has 124 valence electrons. The van der Waals surface area contributed by atoms with Gasteiger partial charge in [-0.3, -0.25) is 9.48 Å². The molecule has 0 saturated heterocycles. The van der Waals surface area contributed by atoms with E-state index in [1.807, 2.05) is 12.1 Å². The van der Waals surface area contributed by atoms with E-state index in [1.165, 1.54) is 0 Å². The largest absolute Gasteiger partial charge is 0.332 e. The molecule has 9 heteroatoms. The van der Waals surface area contributed by atoms with E-state index < -0.39 is 10.6 Å². The monoisotopic (exact) mass is 329 g/mol. The molecule has 0 aliphatic heterocycles. The zero-order valence-electron chi connectivity index (χ0n) is 12.8. The first kappa shape index (κ1) is 15.7. The zero-order valence-corrected chi connectivity index (χ0v) is 12.8. The number of benzene rings is 1. The van der Waals surface area contributed by atoms with Crippen molar-refractivity contribution < 1.29 is 14.7 Å². The third-order valence-electron chi connectivity index (χ3n) is 3.90. The third-order valence-corrected chi connectivity index (χ3v) is 3.90. The summed E-state index contributed by atoms with van der Waals surface area (Å²) in [7, 11) is 0. The molecule has 1 fully saturated rings. The predicted octanol–water partition coefficient (Wildman–Crippen LogP) is 1.42. The molecule has 1 saturated carbocycles. The maximum absolute atomic E-state index is 12.5. The van der Waals surface area contributed by atoms with Gasteiger partial charge >= 0.3 is 0 Å². The van der Waals surface area contributed by atoms with E-state index in [-0.39, 0.29) is 18.2 Å². The Labute approximate surface area is 136 Å². The van der Waals surface area contributed by atoms with Crippen LogP contribution in [0.5, 0.6) is 0 Å². The fraction of sp³-hybridized carbons (Fsp3) is 0.400. The number of nitrogens with zero attached hydrogens (tertiary/aromatic N) is 4. The number of fused-ring (bicyclic) bond motifs is 1. The first-order valence-electron chi connectivity index (χ1n) is 7.51. The van der Waals surface area contributed by atoms with Crippen molar-refractivity contribution in [2.45, 2.75) is 31.3 Å². The van der Waals surface area contributed by atoms with Crippen molar-refractivity contribution in [1.82, 2.24) is 15.1 Å². The Kier molecular flexibility index (Phi) is 4.04. The molecule has 1 aliphatic carbocycles. The minimum Gasteiger partial charge on any atom is -0.332 e. The summed E-state index contributed by atoms with van der Waals surface area (Å²) in [5.41, 5.74) is 0.245. The molecule has 0 bridgehead atoms. The molecule has 2 aromatic rings. The van der Waals surface area contributed by atoms with E-state index >= 15 is 0 Å². The highest BCUT2D eigenvalue weighted by molar-refractivity contribution is 6.05. The van der Waals surface area contributed by atoms with Crippen LogP contribution >= 0.6 is 0 Å². The number of aryl methyl sites for hydroxylation is 1. The molecule has 9 nitrogen and oxygen atoms in total. The molecule has 0 atom stereocenters. The topological polar surface area (TPSA) is 123 Å². The summed E-state index contributed by atoms with van der Waals surface area (Å²) >= 11 is 0. The maximum Gasteiger partial charge on any atom is 0.294 e. The Bertz CT molecular complexity index is 834. The predicted molar refractivity (Wildman–Crippen MR) is 82.3 cm³/mol. The van der Waals surface area contributed by atoms with Gasteiger partial charge < -0.3 is 10.2 Å². The Hall–Kier alpha value is -3.15. The van der Waals surface area contributed by atoms with Crippen LogP contribution in [0.3, 0.4) is 0 Å². The lowest BCUT2D eigenvalue weighted by molar-refractivity contribution is -0.757. The average molecular weight is 329 g/mol. The van der Waals surface area contributed by atoms with Crippen molar-refractivity contribution in [1.29, 1.82) is 5.26 Å². The Balaban J connectivity index is 1.80. The highest BCUT2D eigenvalue weighted by Gasteiger charge is 2.45. The number of para-hydroxylation sites is 1. The first-order chi connectivity index (χ1) is 11.5. The highest BCUT2D eigenvalue weighted by Crippen LogP contribution is 2.34. The van der Waals surface area contributed by atoms with E-state index in [4.69, 9.17) is 5.26 Å². The number of carbonyl (C=O) groups excluding carboxylic acids is 1. The van der Waals surface area contributed by atoms with Crippen LogP contribution in [0.2, 0.25) is 0 Å². The third kappa shape index (κ3) is 3.12. The quantitative estimate of drug-likeness (QED) is 0.465. The average Bonchev–Trinajstić information content (AvgIpc) is 3.24. The molecular weight excluding hydrogens is 314 g/mol. The SMILES string of the molecule is N#CC1(NC(=O)c2nn(CCCO[N+](=O)[O-])c3ccccc23)CC1. The van der Waals surface area contributed by atoms with Gasteiger partial charge in [0, 0.05) is 11.9 Å². The summed E-state index contributed by atoms with van der Waals surface area (Å²) < 4.78 is 1.62. The van der Waals surface area contributed by atoms with Gasteiger partial charge in [-0.15, -0.1) is 10.1 Å². The molecule has 1 aliphatic rings. The number of amides is 1. The number of hydrogen-bond acceptors (Lipinski definition) is 6. The Morgan fingerprint density at radius 2 is 2.25 bits per heavy atom. The van der Waals surface area contributed by atoms with Crippen LogP contribution in [0.25, 0.3) is 10.9 Å². The second-order valence-electron chi connectivity index (χ2n) is 5.65. The van der Waals surface area contributed by atoms with Crippen molar-refractivity contribution in [3.8, 4) is 6.07 Å². The van der Waals surface area contributed by atoms with Gasteiger partial charge in [-0.25, -0.2) is 0 Å². The second-order valence-corrected chi connectivity index (χ2v) is 5.65. The summed E-state index contributed by atoms with van der Waals surface area (Å²) in [4.78, 5) is 26.9. The minimum absolute atomic E-state index is 0.0414. The zero-order chi connectivity index (χ0) is 17.2. The van der Waals surface area contributed by atoms with Crippen LogP contribution in [-0.4, -0.2) is 32.9 Å². The number of hydrogen-bond donors (Lipinski definition) is 1. The van der Waals surface area contributed by atoms with Gasteiger partial charge in [-0.05, 0) is 25.3 Å². The molecule has 1 aromatic heterocycles. The van der Waals surface area contributed by atoms with Gasteiger partial charge in [0.25, 0.3) is 11.0 Å². The summed E-state index contributed by atoms with van der Waals surface area (Å²) in [6, 6.07) is 9.35. The molecule has 0 spiro atoms. The van der Waals surface area contributed by atoms with Crippen LogP contribution in [0.1, 0.15) is 29.8 Å². The number of rotatable bonds is 7. The van der Waals surface area contributed by atoms with Gasteiger partial charge in [-0.1, -0.05) is 18.2 Å². The summed E-state index contributed by atoms with van der Waals surface area (Å²) in [6.07, 6.45) is 1.67. The van der Waals surface area contributed by atoms with Crippen LogP contribution in [0, 0.1) is 21.4 Å². The van der Waals surface area contributed by atoms with E-state index in [2.05, 4.69) is 21.3 Å². The fourth-order valence-electron chi connectivity index (χ4n) is 2.49. The molecule has 1 N–H and O–H groups in total. The van der Waals surface area contributed by atoms with Gasteiger partial charge in [0.2, 0.25) is 0 Å². The molecule has 1 aromatic carbocycles. The summed E-state index contributed by atoms with van der Waals surface area (Å²) in [6.45, 7) is 0.339. The maximum atomic E-state index is 12.5. The lowest BCUT2D eigenvalue weighted by atomic mass is 10.2. The molecule has 1 heterocycles. The molecule has 0 unspecified atom stereocenters. The highest BCUT2D eigenvalue weighted by atomic mass is 16.9. The van der Waals surface area contributed by atoms with E-state index in [0.717, 1.165) is 5.52 Å². The standard InChI is InChI=1S/C15H15N5O4/c16-10-15(6-7-15)17-14(21)13-11-4-1-2-5-12(11)19(18-13)8-3-9-24-20(22)23/h1-2,4-5H,3,6-9H2,(H,17,21). The molecule has 1 amide bonds. The van der Waals surface area contributed by atoms with Crippen molar-refractivity contribution >= 4 is 16.8 Å².